The number of carbonyl (C=O) groups is 2. The van der Waals surface area contributed by atoms with E-state index in [2.05, 4.69) is 21.8 Å². The average Bonchev–Trinajstić information content (AvgIpc) is 2.94. The number of aliphatic hydroxyl groups is 1. The second-order valence-electron chi connectivity index (χ2n) is 10.6. The van der Waals surface area contributed by atoms with Crippen molar-refractivity contribution in [2.75, 3.05) is 26.7 Å². The Morgan fingerprint density at radius 3 is 2.76 bits per heavy atom. The smallest absolute Gasteiger partial charge is 0.259 e. The number of hydrogen-bond donors (Lipinski definition) is 1. The van der Waals surface area contributed by atoms with Gasteiger partial charge in [-0.25, -0.2) is 4.98 Å². The molecule has 0 bridgehead atoms. The van der Waals surface area contributed by atoms with Gasteiger partial charge in [0.2, 0.25) is 11.8 Å². The van der Waals surface area contributed by atoms with Crippen molar-refractivity contribution in [3.63, 3.8) is 0 Å². The molecule has 0 saturated heterocycles. The zero-order chi connectivity index (χ0) is 27.1. The van der Waals surface area contributed by atoms with Crippen LogP contribution in [0, 0.1) is 23.7 Å². The first-order chi connectivity index (χ1) is 18.4. The first-order valence-electron chi connectivity index (χ1n) is 13.6. The number of amides is 2. The standard InChI is InChI=1S/C30H38N4O4/c1-21-18-34(22(2)20-35)30(37)26-15-24(13-12-23-9-5-4-6-10-23)17-32-29(26)38-27(21)19-33(3)28(36)16-25-11-7-8-14-31-25/h7-8,11,14-15,17,21-23,27,35H,4-6,9-10,16,18-20H2,1-3H3/t21-,22+,27-/m0/s1. The highest BCUT2D eigenvalue weighted by atomic mass is 16.5. The molecule has 1 fully saturated rings. The Morgan fingerprint density at radius 2 is 2.05 bits per heavy atom. The average molecular weight is 519 g/mol. The molecule has 1 saturated carbocycles. The van der Waals surface area contributed by atoms with Crippen LogP contribution in [0.3, 0.4) is 0 Å². The summed E-state index contributed by atoms with van der Waals surface area (Å²) in [6, 6.07) is 6.88. The monoisotopic (exact) mass is 518 g/mol. The molecular weight excluding hydrogens is 480 g/mol. The van der Waals surface area contributed by atoms with E-state index in [-0.39, 0.29) is 42.7 Å². The van der Waals surface area contributed by atoms with Gasteiger partial charge in [-0.1, -0.05) is 44.1 Å². The molecule has 8 heteroatoms. The fraction of sp³-hybridized carbons (Fsp3) is 0.533. The molecule has 3 heterocycles. The van der Waals surface area contributed by atoms with E-state index in [1.165, 1.54) is 19.3 Å². The third kappa shape index (κ3) is 6.90. The summed E-state index contributed by atoms with van der Waals surface area (Å²) in [5.74, 6) is 6.78. The normalized spacial score (nSPS) is 20.7. The number of rotatable bonds is 6. The molecule has 0 unspecified atom stereocenters. The van der Waals surface area contributed by atoms with E-state index in [1.807, 2.05) is 32.0 Å². The first-order valence-corrected chi connectivity index (χ1v) is 13.6. The Labute approximate surface area is 225 Å². The van der Waals surface area contributed by atoms with Gasteiger partial charge in [0.05, 0.1) is 25.6 Å². The summed E-state index contributed by atoms with van der Waals surface area (Å²) in [5, 5.41) is 9.89. The predicted octanol–water partition coefficient (Wildman–Crippen LogP) is 3.33. The first kappa shape index (κ1) is 27.6. The molecule has 2 aliphatic rings. The summed E-state index contributed by atoms with van der Waals surface area (Å²) in [6.07, 6.45) is 9.03. The fourth-order valence-electron chi connectivity index (χ4n) is 4.99. The van der Waals surface area contributed by atoms with Gasteiger partial charge in [0.1, 0.15) is 11.7 Å². The van der Waals surface area contributed by atoms with E-state index in [1.54, 1.807) is 35.3 Å². The Morgan fingerprint density at radius 1 is 1.26 bits per heavy atom. The van der Waals surface area contributed by atoms with E-state index in [4.69, 9.17) is 4.74 Å². The van der Waals surface area contributed by atoms with Gasteiger partial charge in [0, 0.05) is 49.1 Å². The Hall–Kier alpha value is -3.44. The van der Waals surface area contributed by atoms with Crippen LogP contribution in [0.2, 0.25) is 0 Å². The van der Waals surface area contributed by atoms with Gasteiger partial charge < -0.3 is 19.6 Å². The van der Waals surface area contributed by atoms with Crippen molar-refractivity contribution in [1.29, 1.82) is 0 Å². The molecule has 4 rings (SSSR count). The van der Waals surface area contributed by atoms with Crippen LogP contribution in [0.4, 0.5) is 0 Å². The second-order valence-corrected chi connectivity index (χ2v) is 10.6. The fourth-order valence-corrected chi connectivity index (χ4v) is 4.99. The summed E-state index contributed by atoms with van der Waals surface area (Å²) in [4.78, 5) is 38.6. The topological polar surface area (TPSA) is 95.9 Å². The van der Waals surface area contributed by atoms with Crippen LogP contribution in [0.25, 0.3) is 0 Å². The molecule has 1 aliphatic heterocycles. The van der Waals surface area contributed by atoms with Crippen LogP contribution in [-0.2, 0) is 11.2 Å². The molecule has 38 heavy (non-hydrogen) atoms. The molecule has 3 atom stereocenters. The number of hydrogen-bond acceptors (Lipinski definition) is 6. The van der Waals surface area contributed by atoms with Crippen LogP contribution in [0.1, 0.15) is 67.6 Å². The second kappa shape index (κ2) is 12.9. The Kier molecular flexibility index (Phi) is 9.35. The maximum atomic E-state index is 13.6. The SMILES string of the molecule is C[C@H](CO)N1C[C@H](C)[C@H](CN(C)C(=O)Cc2ccccn2)Oc2ncc(C#CC3CCCCC3)cc2C1=O. The van der Waals surface area contributed by atoms with Gasteiger partial charge >= 0.3 is 0 Å². The van der Waals surface area contributed by atoms with Crippen molar-refractivity contribution < 1.29 is 19.4 Å². The highest BCUT2D eigenvalue weighted by Crippen LogP contribution is 2.28. The van der Waals surface area contributed by atoms with Crippen LogP contribution in [0.5, 0.6) is 5.88 Å². The van der Waals surface area contributed by atoms with Crippen LogP contribution in [-0.4, -0.2) is 75.6 Å². The Balaban J connectivity index is 1.57. The van der Waals surface area contributed by atoms with Gasteiger partial charge in [0.15, 0.2) is 0 Å². The van der Waals surface area contributed by atoms with Crippen molar-refractivity contribution in [3.05, 3.63) is 53.5 Å². The molecule has 202 valence electrons. The number of pyridine rings is 2. The van der Waals surface area contributed by atoms with Crippen LogP contribution >= 0.6 is 0 Å². The summed E-state index contributed by atoms with van der Waals surface area (Å²) in [6.45, 7) is 4.36. The minimum absolute atomic E-state index is 0.0697. The summed E-state index contributed by atoms with van der Waals surface area (Å²) in [7, 11) is 1.75. The molecule has 2 aromatic rings. The molecule has 8 nitrogen and oxygen atoms in total. The van der Waals surface area contributed by atoms with Gasteiger partial charge in [-0.2, -0.15) is 0 Å². The van der Waals surface area contributed by atoms with Gasteiger partial charge in [-0.3, -0.25) is 14.6 Å². The van der Waals surface area contributed by atoms with E-state index >= 15 is 0 Å². The third-order valence-electron chi connectivity index (χ3n) is 7.48. The number of carbonyl (C=O) groups excluding carboxylic acids is 2. The largest absolute Gasteiger partial charge is 0.472 e. The molecule has 0 radical (unpaired) electrons. The Bertz CT molecular complexity index is 1170. The highest BCUT2D eigenvalue weighted by molar-refractivity contribution is 5.97. The quantitative estimate of drug-likeness (QED) is 0.590. The molecule has 1 N–H and O–H groups in total. The number of aliphatic hydroxyl groups excluding tert-OH is 1. The molecule has 0 aromatic carbocycles. The molecule has 2 aromatic heterocycles. The maximum Gasteiger partial charge on any atom is 0.259 e. The molecule has 0 spiro atoms. The van der Waals surface area contributed by atoms with Gasteiger partial charge in [0.25, 0.3) is 5.91 Å². The molecular formula is C30H38N4O4. The number of likely N-dealkylation sites (N-methyl/N-ethyl adjacent to an activating group) is 1. The number of aromatic nitrogens is 2. The number of nitrogens with zero attached hydrogens (tertiary/aromatic N) is 4. The van der Waals surface area contributed by atoms with Crippen molar-refractivity contribution in [1.82, 2.24) is 19.8 Å². The third-order valence-corrected chi connectivity index (χ3v) is 7.48. The lowest BCUT2D eigenvalue weighted by Crippen LogP contribution is -2.50. The van der Waals surface area contributed by atoms with E-state index in [9.17, 15) is 14.7 Å². The van der Waals surface area contributed by atoms with E-state index in [0.29, 0.717) is 35.8 Å². The predicted molar refractivity (Wildman–Crippen MR) is 144 cm³/mol. The maximum absolute atomic E-state index is 13.6. The lowest BCUT2D eigenvalue weighted by atomic mass is 9.90. The van der Waals surface area contributed by atoms with Crippen LogP contribution < -0.4 is 4.74 Å². The van der Waals surface area contributed by atoms with Gasteiger partial charge in [-0.15, -0.1) is 0 Å². The van der Waals surface area contributed by atoms with Crippen molar-refractivity contribution in [2.24, 2.45) is 11.8 Å². The molecule has 1 aliphatic carbocycles. The van der Waals surface area contributed by atoms with Crippen molar-refractivity contribution in [3.8, 4) is 17.7 Å². The summed E-state index contributed by atoms with van der Waals surface area (Å²) >= 11 is 0. The molecule has 2 amide bonds. The minimum atomic E-state index is -0.403. The zero-order valence-corrected chi connectivity index (χ0v) is 22.6. The minimum Gasteiger partial charge on any atom is -0.472 e. The van der Waals surface area contributed by atoms with E-state index in [0.717, 1.165) is 12.8 Å². The van der Waals surface area contributed by atoms with Crippen LogP contribution in [0.15, 0.2) is 36.7 Å². The van der Waals surface area contributed by atoms with Crippen molar-refractivity contribution >= 4 is 11.8 Å². The van der Waals surface area contributed by atoms with E-state index < -0.39 is 6.10 Å². The summed E-state index contributed by atoms with van der Waals surface area (Å²) in [5.41, 5.74) is 1.72. The summed E-state index contributed by atoms with van der Waals surface area (Å²) < 4.78 is 6.32. The lowest BCUT2D eigenvalue weighted by Gasteiger charge is -2.37. The number of ether oxygens (including phenoxy) is 1. The highest BCUT2D eigenvalue weighted by Gasteiger charge is 2.34. The van der Waals surface area contributed by atoms with Gasteiger partial charge in [-0.05, 0) is 38.0 Å². The lowest BCUT2D eigenvalue weighted by molar-refractivity contribution is -0.130. The van der Waals surface area contributed by atoms with Crippen molar-refractivity contribution in [2.45, 2.75) is 64.5 Å². The number of fused-ring (bicyclic) bond motifs is 1. The zero-order valence-electron chi connectivity index (χ0n) is 22.6.